The van der Waals surface area contributed by atoms with Crippen LogP contribution in [0, 0.1) is 13.8 Å². The molecule has 2 N–H and O–H groups in total. The van der Waals surface area contributed by atoms with Crippen molar-refractivity contribution in [3.63, 3.8) is 0 Å². The van der Waals surface area contributed by atoms with Crippen molar-refractivity contribution in [3.8, 4) is 0 Å². The molecule has 0 aliphatic carbocycles. The summed E-state index contributed by atoms with van der Waals surface area (Å²) < 4.78 is 29.5. The summed E-state index contributed by atoms with van der Waals surface area (Å²) in [6.45, 7) is 5.03. The molecule has 0 aliphatic rings. The van der Waals surface area contributed by atoms with E-state index < -0.39 is 10.0 Å². The van der Waals surface area contributed by atoms with Crippen LogP contribution in [0.15, 0.2) is 47.5 Å². The van der Waals surface area contributed by atoms with Crippen molar-refractivity contribution in [2.75, 3.05) is 10.0 Å². The number of carbonyl (C=O) groups excluding carboxylic acids is 1. The van der Waals surface area contributed by atoms with E-state index in [1.165, 1.54) is 19.2 Å². The summed E-state index contributed by atoms with van der Waals surface area (Å²) in [5.74, 6) is 0.429. The third-order valence-corrected chi connectivity index (χ3v) is 5.67. The highest BCUT2D eigenvalue weighted by Crippen LogP contribution is 2.23. The smallest absolute Gasteiger partial charge is 0.263 e. The van der Waals surface area contributed by atoms with Gasteiger partial charge in [0.25, 0.3) is 10.0 Å². The van der Waals surface area contributed by atoms with Gasteiger partial charge >= 0.3 is 0 Å². The fourth-order valence-corrected chi connectivity index (χ4v) is 3.81. The van der Waals surface area contributed by atoms with E-state index in [9.17, 15) is 13.2 Å². The first-order valence-electron chi connectivity index (χ1n) is 8.54. The lowest BCUT2D eigenvalue weighted by molar-refractivity contribution is 0.101. The summed E-state index contributed by atoms with van der Waals surface area (Å²) >= 11 is 0. The number of anilines is 3. The quantitative estimate of drug-likeness (QED) is 0.617. The number of hydrogen-bond acceptors (Lipinski definition) is 6. The number of hydrogen-bond donors (Lipinski definition) is 2. The molecule has 2 aromatic heterocycles. The van der Waals surface area contributed by atoms with E-state index in [4.69, 9.17) is 0 Å². The van der Waals surface area contributed by atoms with Crippen LogP contribution < -0.4 is 10.0 Å². The van der Waals surface area contributed by atoms with Gasteiger partial charge in [0.05, 0.1) is 17.1 Å². The number of carbonyl (C=O) groups is 1. The van der Waals surface area contributed by atoms with E-state index in [1.807, 2.05) is 0 Å². The minimum absolute atomic E-state index is 0.0369. The summed E-state index contributed by atoms with van der Waals surface area (Å²) in [6, 6.07) is 10.0. The number of aromatic nitrogens is 3. The van der Waals surface area contributed by atoms with Gasteiger partial charge in [-0.3, -0.25) is 14.2 Å². The Morgan fingerprint density at radius 3 is 2.46 bits per heavy atom. The summed E-state index contributed by atoms with van der Waals surface area (Å²) in [4.78, 5) is 15.7. The molecule has 0 unspecified atom stereocenters. The Balaban J connectivity index is 1.80. The molecule has 9 heteroatoms. The van der Waals surface area contributed by atoms with Crippen LogP contribution in [-0.2, 0) is 17.1 Å². The van der Waals surface area contributed by atoms with Crippen LogP contribution in [0.25, 0.3) is 0 Å². The van der Waals surface area contributed by atoms with Gasteiger partial charge in [0.2, 0.25) is 0 Å². The Hall–Kier alpha value is -3.20. The second kappa shape index (κ2) is 7.43. The van der Waals surface area contributed by atoms with Crippen LogP contribution >= 0.6 is 0 Å². The van der Waals surface area contributed by atoms with Gasteiger partial charge in [0.15, 0.2) is 5.78 Å². The Morgan fingerprint density at radius 2 is 1.89 bits per heavy atom. The molecule has 3 rings (SSSR count). The average molecular weight is 399 g/mol. The second-order valence-corrected chi connectivity index (χ2v) is 8.10. The van der Waals surface area contributed by atoms with E-state index in [2.05, 4.69) is 20.1 Å². The van der Waals surface area contributed by atoms with E-state index in [1.54, 1.807) is 55.9 Å². The molecular weight excluding hydrogens is 378 g/mol. The fraction of sp³-hybridized carbons (Fsp3) is 0.211. The number of benzene rings is 1. The van der Waals surface area contributed by atoms with Crippen LogP contribution in [0.1, 0.15) is 28.7 Å². The minimum atomic E-state index is -3.79. The molecule has 0 amide bonds. The molecule has 28 heavy (non-hydrogen) atoms. The Kier molecular flexibility index (Phi) is 5.19. The molecule has 8 nitrogen and oxygen atoms in total. The van der Waals surface area contributed by atoms with Crippen molar-refractivity contribution in [2.24, 2.45) is 7.05 Å². The molecule has 2 heterocycles. The zero-order valence-corrected chi connectivity index (χ0v) is 16.8. The highest BCUT2D eigenvalue weighted by Gasteiger charge is 2.19. The first-order chi connectivity index (χ1) is 13.2. The van der Waals surface area contributed by atoms with Gasteiger partial charge in [-0.25, -0.2) is 13.4 Å². The predicted octanol–water partition coefficient (Wildman–Crippen LogP) is 3.18. The molecule has 1 aromatic carbocycles. The van der Waals surface area contributed by atoms with Crippen molar-refractivity contribution in [3.05, 3.63) is 59.5 Å². The van der Waals surface area contributed by atoms with Crippen LogP contribution in [0.5, 0.6) is 0 Å². The molecular formula is C19H21N5O3S. The van der Waals surface area contributed by atoms with E-state index in [0.717, 1.165) is 5.69 Å². The van der Waals surface area contributed by atoms with Gasteiger partial charge in [0, 0.05) is 24.5 Å². The van der Waals surface area contributed by atoms with Crippen molar-refractivity contribution in [1.82, 2.24) is 14.8 Å². The molecule has 0 atom stereocenters. The average Bonchev–Trinajstić information content (AvgIpc) is 2.88. The summed E-state index contributed by atoms with van der Waals surface area (Å²) in [5.41, 5.74) is 3.05. The lowest BCUT2D eigenvalue weighted by Crippen LogP contribution is -2.14. The molecule has 146 valence electrons. The van der Waals surface area contributed by atoms with Crippen LogP contribution in [0.3, 0.4) is 0 Å². The van der Waals surface area contributed by atoms with E-state index in [0.29, 0.717) is 28.5 Å². The highest BCUT2D eigenvalue weighted by molar-refractivity contribution is 7.92. The summed E-state index contributed by atoms with van der Waals surface area (Å²) in [6.07, 6.45) is 1.28. The summed E-state index contributed by atoms with van der Waals surface area (Å²) in [7, 11) is -2.04. The highest BCUT2D eigenvalue weighted by atomic mass is 32.2. The number of nitrogens with one attached hydrogen (secondary N) is 2. The largest absolute Gasteiger partial charge is 0.340 e. The Morgan fingerprint density at radius 1 is 1.14 bits per heavy atom. The van der Waals surface area contributed by atoms with E-state index >= 15 is 0 Å². The van der Waals surface area contributed by atoms with E-state index in [-0.39, 0.29) is 10.7 Å². The van der Waals surface area contributed by atoms with Crippen molar-refractivity contribution < 1.29 is 13.2 Å². The normalized spacial score (nSPS) is 11.3. The lowest BCUT2D eigenvalue weighted by atomic mass is 10.1. The number of sulfonamides is 1. The molecule has 0 saturated carbocycles. The predicted molar refractivity (Wildman–Crippen MR) is 107 cm³/mol. The van der Waals surface area contributed by atoms with Gasteiger partial charge in [-0.15, -0.1) is 0 Å². The standard InChI is InChI=1S/C19H21N5O3S/c1-12-19(13(2)24(4)22-12)23-28(26,27)17-8-9-18(20-11-17)21-16-7-5-6-15(10-16)14(3)25/h5-11,23H,1-4H3,(H,20,21). The first kappa shape index (κ1) is 19.6. The lowest BCUT2D eigenvalue weighted by Gasteiger charge is -2.10. The van der Waals surface area contributed by atoms with Crippen molar-refractivity contribution in [1.29, 1.82) is 0 Å². The SMILES string of the molecule is CC(=O)c1cccc(Nc2ccc(S(=O)(=O)Nc3c(C)nn(C)c3C)cn2)c1. The van der Waals surface area contributed by atoms with Crippen LogP contribution in [0.4, 0.5) is 17.2 Å². The molecule has 0 spiro atoms. The number of rotatable bonds is 6. The van der Waals surface area contributed by atoms with Crippen molar-refractivity contribution >= 4 is 33.0 Å². The number of Topliss-reactive ketones (excluding diaryl/α,β-unsaturated/α-hetero) is 1. The topological polar surface area (TPSA) is 106 Å². The van der Waals surface area contributed by atoms with Crippen LogP contribution in [0.2, 0.25) is 0 Å². The fourth-order valence-electron chi connectivity index (χ4n) is 2.69. The maximum absolute atomic E-state index is 12.7. The molecule has 0 radical (unpaired) electrons. The number of ketones is 1. The molecule has 0 saturated heterocycles. The molecule has 3 aromatic rings. The van der Waals surface area contributed by atoms with Gasteiger partial charge < -0.3 is 5.32 Å². The van der Waals surface area contributed by atoms with Crippen molar-refractivity contribution in [2.45, 2.75) is 25.7 Å². The molecule has 0 bridgehead atoms. The third-order valence-electron chi connectivity index (χ3n) is 4.33. The van der Waals surface area contributed by atoms with Gasteiger partial charge in [-0.05, 0) is 45.0 Å². The Bertz CT molecular complexity index is 1130. The maximum Gasteiger partial charge on any atom is 0.263 e. The first-order valence-corrected chi connectivity index (χ1v) is 10.0. The van der Waals surface area contributed by atoms with Gasteiger partial charge in [-0.2, -0.15) is 5.10 Å². The number of nitrogens with zero attached hydrogens (tertiary/aromatic N) is 3. The number of aryl methyl sites for hydroxylation is 2. The molecule has 0 aliphatic heterocycles. The zero-order chi connectivity index (χ0) is 20.5. The van der Waals surface area contributed by atoms with Crippen LogP contribution in [-0.4, -0.2) is 29.0 Å². The number of pyridine rings is 1. The second-order valence-electron chi connectivity index (χ2n) is 6.42. The Labute approximate surface area is 163 Å². The maximum atomic E-state index is 12.7. The monoisotopic (exact) mass is 399 g/mol. The van der Waals surface area contributed by atoms with Gasteiger partial charge in [0.1, 0.15) is 10.7 Å². The minimum Gasteiger partial charge on any atom is -0.340 e. The third kappa shape index (κ3) is 4.04. The zero-order valence-electron chi connectivity index (χ0n) is 16.0. The van der Waals surface area contributed by atoms with Gasteiger partial charge in [-0.1, -0.05) is 12.1 Å². The molecule has 0 fully saturated rings. The summed E-state index contributed by atoms with van der Waals surface area (Å²) in [5, 5.41) is 7.27.